The van der Waals surface area contributed by atoms with Crippen molar-refractivity contribution in [3.63, 3.8) is 0 Å². The number of sulfonamides is 1. The van der Waals surface area contributed by atoms with Gasteiger partial charge in [-0.1, -0.05) is 68.9 Å². The van der Waals surface area contributed by atoms with Crippen LogP contribution in [0.5, 0.6) is 5.88 Å². The summed E-state index contributed by atoms with van der Waals surface area (Å²) in [6.45, 7) is 4.07. The highest BCUT2D eigenvalue weighted by molar-refractivity contribution is 7.91. The number of alkyl carbamates (subject to hydrolysis) is 1. The molecule has 2 aromatic rings. The lowest BCUT2D eigenvalue weighted by atomic mass is 9.83. The van der Waals surface area contributed by atoms with Crippen LogP contribution in [0.15, 0.2) is 49.2 Å². The van der Waals surface area contributed by atoms with Crippen LogP contribution >= 0.6 is 0 Å². The van der Waals surface area contributed by atoms with Gasteiger partial charge in [0.1, 0.15) is 23.7 Å². The Labute approximate surface area is 323 Å². The molecule has 1 unspecified atom stereocenters. The first-order chi connectivity index (χ1) is 26.6. The zero-order valence-corrected chi connectivity index (χ0v) is 32.2. The molecular weight excluding hydrogens is 723 g/mol. The van der Waals surface area contributed by atoms with Gasteiger partial charge in [0.05, 0.1) is 18.4 Å². The molecule has 3 heterocycles. The van der Waals surface area contributed by atoms with Crippen molar-refractivity contribution in [2.75, 3.05) is 13.2 Å². The maximum Gasteiger partial charge on any atom is 0.407 e. The van der Waals surface area contributed by atoms with Crippen LogP contribution < -0.4 is 20.1 Å². The third-order valence-corrected chi connectivity index (χ3v) is 13.7. The number of nitrogens with one attached hydrogen (secondary N) is 3. The molecule has 5 aliphatic rings. The summed E-state index contributed by atoms with van der Waals surface area (Å²) in [5.74, 6) is -2.15. The summed E-state index contributed by atoms with van der Waals surface area (Å²) < 4.78 is 39.8. The van der Waals surface area contributed by atoms with E-state index in [-0.39, 0.29) is 31.9 Å². The monoisotopic (exact) mass is 775 g/mol. The molecule has 4 amide bonds. The molecule has 3 aliphatic carbocycles. The standard InChI is InChI=1S/C41H53N5O8S/c1-2-30-25-41(30,39(49)45-55(51,52)32-18-19-32)44-36(47)34-24-31-26-46(34)38(48)35(29-14-10-8-11-15-29)43-40(50)53-22-12-7-5-3-4-6-9-13-27-16-17-28-20-21-42-37(54-31)33(28)23-27/h2,9,13,16-17,20-21,23,29-32,34-35H,1,3-8,10-12,14-15,18-19,22,24-26H2,(H,43,50)(H,44,47)(H,45,49)/b13-9+/t30-,31-,34+,35+,41?/m1/s1. The molecule has 0 spiro atoms. The maximum absolute atomic E-state index is 14.8. The van der Waals surface area contributed by atoms with Gasteiger partial charge in [0, 0.05) is 23.9 Å². The fraction of sp³-hybridized carbons (Fsp3) is 0.585. The number of hydrogen-bond donors (Lipinski definition) is 3. The number of ether oxygens (including phenoxy) is 2. The molecule has 1 saturated heterocycles. The molecule has 3 N–H and O–H groups in total. The van der Waals surface area contributed by atoms with Crippen LogP contribution in [0.4, 0.5) is 4.79 Å². The second kappa shape index (κ2) is 16.7. The average molecular weight is 776 g/mol. The number of allylic oxidation sites excluding steroid dienone is 1. The molecular formula is C41H53N5O8S. The molecule has 55 heavy (non-hydrogen) atoms. The summed E-state index contributed by atoms with van der Waals surface area (Å²) in [5, 5.41) is 6.83. The molecule has 7 rings (SSSR count). The zero-order valence-electron chi connectivity index (χ0n) is 31.4. The number of carbonyl (C=O) groups is 4. The number of cyclic esters (lactones) is 1. The summed E-state index contributed by atoms with van der Waals surface area (Å²) in [7, 11) is -3.89. The number of rotatable bonds is 7. The molecule has 1 aromatic heterocycles. The zero-order chi connectivity index (χ0) is 38.6. The molecule has 0 radical (unpaired) electrons. The minimum atomic E-state index is -3.89. The van der Waals surface area contributed by atoms with E-state index in [0.29, 0.717) is 18.7 Å². The number of amides is 4. The van der Waals surface area contributed by atoms with Gasteiger partial charge in [0.15, 0.2) is 0 Å². The second-order valence-electron chi connectivity index (χ2n) is 15.9. The van der Waals surface area contributed by atoms with Crippen LogP contribution in [0.25, 0.3) is 16.8 Å². The van der Waals surface area contributed by atoms with Gasteiger partial charge in [-0.3, -0.25) is 19.1 Å². The highest BCUT2D eigenvalue weighted by atomic mass is 32.2. The Balaban J connectivity index is 1.20. The van der Waals surface area contributed by atoms with Crippen molar-refractivity contribution in [3.05, 3.63) is 54.8 Å². The molecule has 5 atom stereocenters. The van der Waals surface area contributed by atoms with Gasteiger partial charge < -0.3 is 25.0 Å². The fourth-order valence-corrected chi connectivity index (χ4v) is 9.75. The predicted molar refractivity (Wildman–Crippen MR) is 207 cm³/mol. The van der Waals surface area contributed by atoms with E-state index in [9.17, 15) is 27.6 Å². The van der Waals surface area contributed by atoms with Gasteiger partial charge in [-0.2, -0.15) is 0 Å². The van der Waals surface area contributed by atoms with E-state index < -0.39 is 68.7 Å². The first-order valence-corrected chi connectivity index (χ1v) is 21.6. The van der Waals surface area contributed by atoms with Gasteiger partial charge in [0.25, 0.3) is 5.91 Å². The highest BCUT2D eigenvalue weighted by Crippen LogP contribution is 2.45. The first-order valence-electron chi connectivity index (χ1n) is 20.0. The molecule has 4 bridgehead atoms. The number of benzene rings is 1. The van der Waals surface area contributed by atoms with E-state index in [1.54, 1.807) is 6.20 Å². The van der Waals surface area contributed by atoms with Crippen molar-refractivity contribution in [2.45, 2.75) is 125 Å². The Hall–Kier alpha value is -4.46. The van der Waals surface area contributed by atoms with Crippen molar-refractivity contribution < 1.29 is 37.1 Å². The smallest absolute Gasteiger partial charge is 0.407 e. The lowest BCUT2D eigenvalue weighted by molar-refractivity contribution is -0.142. The Morgan fingerprint density at radius 3 is 2.53 bits per heavy atom. The second-order valence-corrected chi connectivity index (χ2v) is 17.8. The third kappa shape index (κ3) is 9.00. The van der Waals surface area contributed by atoms with Crippen LogP contribution in [0.1, 0.15) is 102 Å². The van der Waals surface area contributed by atoms with Crippen molar-refractivity contribution in [1.82, 2.24) is 25.2 Å². The number of carbonyl (C=O) groups excluding carboxylic acids is 4. The topological polar surface area (TPSA) is 173 Å². The molecule has 4 fully saturated rings. The molecule has 1 aromatic carbocycles. The predicted octanol–water partition coefficient (Wildman–Crippen LogP) is 5.29. The summed E-state index contributed by atoms with van der Waals surface area (Å²) >= 11 is 0. The number of nitrogens with zero attached hydrogens (tertiary/aromatic N) is 2. The fourth-order valence-electron chi connectivity index (χ4n) is 8.38. The Kier molecular flexibility index (Phi) is 11.8. The van der Waals surface area contributed by atoms with Crippen molar-refractivity contribution in [3.8, 4) is 5.88 Å². The Bertz CT molecular complexity index is 1930. The van der Waals surface area contributed by atoms with E-state index >= 15 is 0 Å². The van der Waals surface area contributed by atoms with Crippen molar-refractivity contribution in [2.24, 2.45) is 11.8 Å². The van der Waals surface area contributed by atoms with Crippen LogP contribution in [0.3, 0.4) is 0 Å². The number of hydrogen-bond acceptors (Lipinski definition) is 9. The Morgan fingerprint density at radius 1 is 1.00 bits per heavy atom. The molecule has 13 nitrogen and oxygen atoms in total. The summed E-state index contributed by atoms with van der Waals surface area (Å²) in [6, 6.07) is 5.96. The van der Waals surface area contributed by atoms with E-state index in [4.69, 9.17) is 9.47 Å². The van der Waals surface area contributed by atoms with Crippen molar-refractivity contribution in [1.29, 1.82) is 0 Å². The number of aromatic nitrogens is 1. The highest BCUT2D eigenvalue weighted by Gasteiger charge is 2.62. The maximum atomic E-state index is 14.8. The first kappa shape index (κ1) is 38.8. The lowest BCUT2D eigenvalue weighted by Gasteiger charge is -2.34. The SMILES string of the molecule is C=C[C@@H]1CC1(NC(=O)[C@@H]1C[C@@H]2CN1C(=O)[C@H](C1CCCCC1)NC(=O)OCCCCCCC/C=C/c1ccc3ccnc(c3c1)O2)C(=O)NS(=O)(=O)C1CC1. The lowest BCUT2D eigenvalue weighted by Crippen LogP contribution is -2.59. The average Bonchev–Trinajstić information content (AvgIpc) is 4.11. The van der Waals surface area contributed by atoms with Crippen LogP contribution in [-0.4, -0.2) is 84.2 Å². The van der Waals surface area contributed by atoms with E-state index in [0.717, 1.165) is 87.0 Å². The molecule has 2 aliphatic heterocycles. The van der Waals surface area contributed by atoms with Gasteiger partial charge in [-0.25, -0.2) is 18.2 Å². The van der Waals surface area contributed by atoms with Gasteiger partial charge in [-0.05, 0) is 80.4 Å². The quantitative estimate of drug-likeness (QED) is 0.316. The van der Waals surface area contributed by atoms with E-state index in [2.05, 4.69) is 39.1 Å². The van der Waals surface area contributed by atoms with E-state index in [1.165, 1.54) is 11.0 Å². The van der Waals surface area contributed by atoms with E-state index in [1.807, 2.05) is 24.3 Å². The minimum Gasteiger partial charge on any atom is -0.472 e. The number of fused-ring (bicyclic) bond motifs is 3. The normalized spacial score (nSPS) is 29.1. The summed E-state index contributed by atoms with van der Waals surface area (Å²) in [4.78, 5) is 62.0. The third-order valence-electron chi connectivity index (χ3n) is 11.8. The minimum absolute atomic E-state index is 0.0225. The van der Waals surface area contributed by atoms with Crippen LogP contribution in [0, 0.1) is 11.8 Å². The molecule has 296 valence electrons. The molecule has 3 saturated carbocycles. The Morgan fingerprint density at radius 2 is 1.76 bits per heavy atom. The summed E-state index contributed by atoms with van der Waals surface area (Å²) in [5.41, 5.74) is -0.522. The van der Waals surface area contributed by atoms with Crippen LogP contribution in [0.2, 0.25) is 0 Å². The number of pyridine rings is 1. The molecule has 14 heteroatoms. The summed E-state index contributed by atoms with van der Waals surface area (Å²) in [6.07, 6.45) is 17.4. The van der Waals surface area contributed by atoms with Crippen molar-refractivity contribution >= 4 is 50.7 Å². The van der Waals surface area contributed by atoms with Gasteiger partial charge in [-0.15, -0.1) is 6.58 Å². The van der Waals surface area contributed by atoms with Crippen LogP contribution in [-0.2, 0) is 29.1 Å². The largest absolute Gasteiger partial charge is 0.472 e. The van der Waals surface area contributed by atoms with Gasteiger partial charge >= 0.3 is 6.09 Å². The van der Waals surface area contributed by atoms with Gasteiger partial charge in [0.2, 0.25) is 27.7 Å².